The van der Waals surface area contributed by atoms with Gasteiger partial charge in [0, 0.05) is 6.20 Å². The summed E-state index contributed by atoms with van der Waals surface area (Å²) in [5.74, 6) is 0. The number of hydrogen-bond acceptors (Lipinski definition) is 1. The van der Waals surface area contributed by atoms with E-state index in [9.17, 15) is 0 Å². The van der Waals surface area contributed by atoms with Gasteiger partial charge in [-0.25, -0.2) is 0 Å². The molecule has 0 fully saturated rings. The van der Waals surface area contributed by atoms with E-state index < -0.39 is 0 Å². The van der Waals surface area contributed by atoms with Crippen LogP contribution in [-0.2, 0) is 0 Å². The highest BCUT2D eigenvalue weighted by atomic mass is 15.1. The Morgan fingerprint density at radius 3 is 2.82 bits per heavy atom. The number of allylic oxidation sites excluding steroid dienone is 2. The molecule has 1 rings (SSSR count). The molecule has 11 heavy (non-hydrogen) atoms. The third-order valence-electron chi connectivity index (χ3n) is 1.70. The van der Waals surface area contributed by atoms with E-state index in [1.807, 2.05) is 30.6 Å². The Labute approximate surface area is 68.0 Å². The Hall–Kier alpha value is -1.24. The van der Waals surface area contributed by atoms with Crippen molar-refractivity contribution in [3.05, 3.63) is 49.9 Å². The number of hydrogen-bond donors (Lipinski definition) is 0. The summed E-state index contributed by atoms with van der Waals surface area (Å²) in [5, 5.41) is 0. The van der Waals surface area contributed by atoms with Gasteiger partial charge >= 0.3 is 0 Å². The van der Waals surface area contributed by atoms with Crippen molar-refractivity contribution in [2.24, 2.45) is 0 Å². The quantitative estimate of drug-likeness (QED) is 0.554. The van der Waals surface area contributed by atoms with E-state index in [2.05, 4.69) is 24.1 Å². The molecule has 1 unspecified atom stereocenters. The summed E-state index contributed by atoms with van der Waals surface area (Å²) in [6.07, 6.45) is 12.9. The van der Waals surface area contributed by atoms with E-state index in [-0.39, 0.29) is 0 Å². The lowest BCUT2D eigenvalue weighted by Crippen LogP contribution is -2.24. The van der Waals surface area contributed by atoms with E-state index in [0.29, 0.717) is 6.04 Å². The molecule has 0 spiro atoms. The largest absolute Gasteiger partial charge is 0.348 e. The van der Waals surface area contributed by atoms with Gasteiger partial charge < -0.3 is 4.90 Å². The lowest BCUT2D eigenvalue weighted by Gasteiger charge is -2.25. The van der Waals surface area contributed by atoms with Gasteiger partial charge in [0.15, 0.2) is 0 Å². The molecule has 0 saturated heterocycles. The van der Waals surface area contributed by atoms with Crippen LogP contribution in [0.4, 0.5) is 0 Å². The summed E-state index contributed by atoms with van der Waals surface area (Å²) in [4.78, 5) is 2.07. The lowest BCUT2D eigenvalue weighted by atomic mass is 10.1. The summed E-state index contributed by atoms with van der Waals surface area (Å²) in [7, 11) is 0. The molecular weight excluding hydrogens is 134 g/mol. The maximum absolute atomic E-state index is 3.72. The molecule has 1 atom stereocenters. The van der Waals surface area contributed by atoms with Gasteiger partial charge in [-0.15, -0.1) is 6.58 Å². The first kappa shape index (κ1) is 7.86. The monoisotopic (exact) mass is 147 g/mol. The van der Waals surface area contributed by atoms with Crippen LogP contribution in [0, 0.1) is 0 Å². The number of rotatable bonds is 3. The average molecular weight is 147 g/mol. The first-order valence-corrected chi connectivity index (χ1v) is 3.74. The van der Waals surface area contributed by atoms with Crippen LogP contribution in [0.15, 0.2) is 49.9 Å². The van der Waals surface area contributed by atoms with Gasteiger partial charge in [0.05, 0.1) is 6.04 Å². The van der Waals surface area contributed by atoms with Crippen LogP contribution in [-0.4, -0.2) is 10.9 Å². The minimum absolute atomic E-state index is 0.412. The highest BCUT2D eigenvalue weighted by Gasteiger charge is 2.08. The molecule has 0 aromatic carbocycles. The second-order valence-electron chi connectivity index (χ2n) is 2.45. The van der Waals surface area contributed by atoms with Crippen molar-refractivity contribution >= 4 is 0 Å². The third-order valence-corrected chi connectivity index (χ3v) is 1.70. The summed E-state index contributed by atoms with van der Waals surface area (Å²) < 4.78 is 0. The van der Waals surface area contributed by atoms with Crippen molar-refractivity contribution in [2.45, 2.75) is 12.5 Å². The molecule has 0 saturated carbocycles. The molecule has 0 amide bonds. The van der Waals surface area contributed by atoms with E-state index in [4.69, 9.17) is 0 Å². The Balaban J connectivity index is 2.61. The topological polar surface area (TPSA) is 3.24 Å². The molecule has 1 heterocycles. The van der Waals surface area contributed by atoms with Crippen LogP contribution in [0.3, 0.4) is 0 Å². The van der Waals surface area contributed by atoms with Gasteiger partial charge in [-0.1, -0.05) is 24.8 Å². The van der Waals surface area contributed by atoms with Crippen molar-refractivity contribution < 1.29 is 0 Å². The average Bonchev–Trinajstić information content (AvgIpc) is 2.06. The lowest BCUT2D eigenvalue weighted by molar-refractivity contribution is 0.424. The van der Waals surface area contributed by atoms with Crippen molar-refractivity contribution in [3.8, 4) is 0 Å². The predicted octanol–water partition coefficient (Wildman–Crippen LogP) is 2.46. The SMILES string of the molecule is C=CCC1C=CC=CN1C=C. The molecule has 1 nitrogen and oxygen atoms in total. The second kappa shape index (κ2) is 3.81. The van der Waals surface area contributed by atoms with Crippen molar-refractivity contribution in [2.75, 3.05) is 0 Å². The molecule has 0 bridgehead atoms. The molecule has 0 aromatic rings. The summed E-state index contributed by atoms with van der Waals surface area (Å²) in [5.41, 5.74) is 0. The van der Waals surface area contributed by atoms with Gasteiger partial charge in [0.2, 0.25) is 0 Å². The zero-order valence-corrected chi connectivity index (χ0v) is 6.61. The molecular formula is C10H13N. The molecule has 58 valence electrons. The zero-order chi connectivity index (χ0) is 8.10. The Morgan fingerprint density at radius 1 is 1.36 bits per heavy atom. The van der Waals surface area contributed by atoms with Crippen LogP contribution in [0.2, 0.25) is 0 Å². The minimum atomic E-state index is 0.412. The standard InChI is InChI=1S/C10H13N/c1-3-7-10-8-5-6-9-11(10)4-2/h3-6,8-10H,1-2,7H2. The fourth-order valence-electron chi connectivity index (χ4n) is 1.12. The highest BCUT2D eigenvalue weighted by molar-refractivity contribution is 5.15. The molecule has 1 heteroatoms. The zero-order valence-electron chi connectivity index (χ0n) is 6.61. The first-order chi connectivity index (χ1) is 5.38. The van der Waals surface area contributed by atoms with E-state index in [0.717, 1.165) is 6.42 Å². The van der Waals surface area contributed by atoms with Gasteiger partial charge in [-0.05, 0) is 18.7 Å². The van der Waals surface area contributed by atoms with Gasteiger partial charge in [-0.2, -0.15) is 0 Å². The fraction of sp³-hybridized carbons (Fsp3) is 0.200. The van der Waals surface area contributed by atoms with E-state index >= 15 is 0 Å². The fourth-order valence-corrected chi connectivity index (χ4v) is 1.12. The smallest absolute Gasteiger partial charge is 0.0547 e. The van der Waals surface area contributed by atoms with Gasteiger partial charge in [0.1, 0.15) is 0 Å². The Kier molecular flexibility index (Phi) is 2.73. The van der Waals surface area contributed by atoms with E-state index in [1.54, 1.807) is 0 Å². The molecule has 0 radical (unpaired) electrons. The maximum atomic E-state index is 3.72. The van der Waals surface area contributed by atoms with Crippen LogP contribution >= 0.6 is 0 Å². The normalized spacial score (nSPS) is 21.8. The Bertz CT molecular complexity index is 201. The predicted molar refractivity (Wildman–Crippen MR) is 48.9 cm³/mol. The van der Waals surface area contributed by atoms with Crippen LogP contribution in [0.25, 0.3) is 0 Å². The maximum Gasteiger partial charge on any atom is 0.0547 e. The highest BCUT2D eigenvalue weighted by Crippen LogP contribution is 2.11. The first-order valence-electron chi connectivity index (χ1n) is 3.74. The molecule has 1 aliphatic heterocycles. The van der Waals surface area contributed by atoms with Crippen molar-refractivity contribution in [1.29, 1.82) is 0 Å². The van der Waals surface area contributed by atoms with Gasteiger partial charge in [-0.3, -0.25) is 0 Å². The minimum Gasteiger partial charge on any atom is -0.348 e. The van der Waals surface area contributed by atoms with E-state index in [1.165, 1.54) is 0 Å². The van der Waals surface area contributed by atoms with Crippen LogP contribution < -0.4 is 0 Å². The number of nitrogens with zero attached hydrogens (tertiary/aromatic N) is 1. The molecule has 0 aromatic heterocycles. The molecule has 1 aliphatic rings. The molecule has 0 aliphatic carbocycles. The Morgan fingerprint density at radius 2 is 2.18 bits per heavy atom. The summed E-state index contributed by atoms with van der Waals surface area (Å²) in [6.45, 7) is 7.43. The second-order valence-corrected chi connectivity index (χ2v) is 2.45. The summed E-state index contributed by atoms with van der Waals surface area (Å²) in [6, 6.07) is 0.412. The summed E-state index contributed by atoms with van der Waals surface area (Å²) >= 11 is 0. The third kappa shape index (κ3) is 1.84. The van der Waals surface area contributed by atoms with Crippen LogP contribution in [0.1, 0.15) is 6.42 Å². The van der Waals surface area contributed by atoms with Gasteiger partial charge in [0.25, 0.3) is 0 Å². The van der Waals surface area contributed by atoms with Crippen molar-refractivity contribution in [1.82, 2.24) is 4.90 Å². The van der Waals surface area contributed by atoms with Crippen LogP contribution in [0.5, 0.6) is 0 Å². The molecule has 0 N–H and O–H groups in total. The van der Waals surface area contributed by atoms with Crippen molar-refractivity contribution in [3.63, 3.8) is 0 Å².